The maximum Gasteiger partial charge on any atom is 0.286 e. The second-order valence-corrected chi connectivity index (χ2v) is 3.83. The van der Waals surface area contributed by atoms with Crippen LogP contribution in [0.1, 0.15) is 6.42 Å². The molecular weight excluding hydrogens is 218 g/mol. The molecule has 2 amide bonds. The lowest BCUT2D eigenvalue weighted by molar-refractivity contribution is -0.118. The number of hydrogen-bond donors (Lipinski definition) is 1. The smallest absolute Gasteiger partial charge is 0.286 e. The van der Waals surface area contributed by atoms with E-state index in [0.29, 0.717) is 6.42 Å². The Morgan fingerprint density at radius 1 is 1.60 bits per heavy atom. The Kier molecular flexibility index (Phi) is 2.73. The van der Waals surface area contributed by atoms with Crippen molar-refractivity contribution in [3.8, 4) is 0 Å². The molecule has 0 saturated carbocycles. The Bertz CT molecular complexity index is 173. The quantitative estimate of drug-likeness (QED) is 0.715. The van der Waals surface area contributed by atoms with E-state index in [9.17, 15) is 9.59 Å². The number of hydrogen-bond acceptors (Lipinski definition) is 3. The van der Waals surface area contributed by atoms with Crippen LogP contribution in [0.4, 0.5) is 4.79 Å². The average Bonchev–Trinajstić information content (AvgIpc) is 2.13. The number of rotatable bonds is 2. The molecule has 1 saturated heterocycles. The maximum absolute atomic E-state index is 10.8. The number of alkyl halides is 1. The average molecular weight is 224 g/mol. The number of carbonyl (C=O) groups excluding carboxylic acids is 2. The largest absolute Gasteiger partial charge is 0.286 e. The van der Waals surface area contributed by atoms with Crippen LogP contribution in [0, 0.1) is 0 Å². The number of carbonyl (C=O) groups is 2. The van der Waals surface area contributed by atoms with Gasteiger partial charge >= 0.3 is 0 Å². The van der Waals surface area contributed by atoms with Crippen LogP contribution in [0.25, 0.3) is 0 Å². The van der Waals surface area contributed by atoms with Crippen LogP contribution in [0.15, 0.2) is 0 Å². The number of thioether (sulfide) groups is 1. The molecule has 1 fully saturated rings. The molecular formula is C5H6BrNO2S. The highest BCUT2D eigenvalue weighted by Gasteiger charge is 2.30. The van der Waals surface area contributed by atoms with Crippen LogP contribution in [0.5, 0.6) is 0 Å². The molecule has 0 aliphatic carbocycles. The van der Waals surface area contributed by atoms with E-state index in [2.05, 4.69) is 21.2 Å². The lowest BCUT2D eigenvalue weighted by Gasteiger charge is -1.98. The molecule has 1 aliphatic heterocycles. The first kappa shape index (κ1) is 8.07. The van der Waals surface area contributed by atoms with Crippen LogP contribution >= 0.6 is 27.7 Å². The third kappa shape index (κ3) is 1.73. The monoisotopic (exact) mass is 223 g/mol. The van der Waals surface area contributed by atoms with Gasteiger partial charge in [0.25, 0.3) is 5.24 Å². The van der Waals surface area contributed by atoms with Crippen molar-refractivity contribution in [1.29, 1.82) is 0 Å². The maximum atomic E-state index is 10.8. The minimum absolute atomic E-state index is 0.158. The second kappa shape index (κ2) is 3.39. The van der Waals surface area contributed by atoms with Gasteiger partial charge in [0.2, 0.25) is 5.91 Å². The Morgan fingerprint density at radius 3 is 2.70 bits per heavy atom. The molecule has 56 valence electrons. The Balaban J connectivity index is 2.46. The molecule has 1 N–H and O–H groups in total. The summed E-state index contributed by atoms with van der Waals surface area (Å²) in [5.74, 6) is -0.158. The first-order valence-electron chi connectivity index (χ1n) is 2.81. The fourth-order valence-electron chi connectivity index (χ4n) is 0.682. The van der Waals surface area contributed by atoms with Crippen molar-refractivity contribution in [1.82, 2.24) is 5.32 Å². The minimum atomic E-state index is -0.226. The summed E-state index contributed by atoms with van der Waals surface area (Å²) in [4.78, 5) is 21.4. The third-order valence-corrected chi connectivity index (χ3v) is 2.65. The first-order chi connectivity index (χ1) is 4.74. The molecule has 0 bridgehead atoms. The van der Waals surface area contributed by atoms with Crippen LogP contribution in [-0.2, 0) is 4.79 Å². The van der Waals surface area contributed by atoms with E-state index in [1.165, 1.54) is 0 Å². The van der Waals surface area contributed by atoms with Gasteiger partial charge in [-0.1, -0.05) is 27.7 Å². The van der Waals surface area contributed by atoms with Crippen LogP contribution in [0.3, 0.4) is 0 Å². The molecule has 0 aromatic rings. The van der Waals surface area contributed by atoms with Gasteiger partial charge in [0.15, 0.2) is 0 Å². The fourth-order valence-corrected chi connectivity index (χ4v) is 2.26. The van der Waals surface area contributed by atoms with Gasteiger partial charge in [-0.05, 0) is 6.42 Å². The number of nitrogens with one attached hydrogen (secondary N) is 1. The molecule has 5 heteroatoms. The van der Waals surface area contributed by atoms with E-state index >= 15 is 0 Å². The summed E-state index contributed by atoms with van der Waals surface area (Å²) in [5.41, 5.74) is 0. The van der Waals surface area contributed by atoms with E-state index in [1.807, 2.05) is 0 Å². The SMILES string of the molecule is O=C1NC(=O)C(CCBr)S1. The molecule has 10 heavy (non-hydrogen) atoms. The number of halogens is 1. The molecule has 0 radical (unpaired) electrons. The summed E-state index contributed by atoms with van der Waals surface area (Å²) in [7, 11) is 0. The number of imide groups is 1. The standard InChI is InChI=1S/C5H6BrNO2S/c6-2-1-3-4(8)7-5(9)10-3/h3H,1-2H2,(H,7,8,9). The third-order valence-electron chi connectivity index (χ3n) is 1.14. The van der Waals surface area contributed by atoms with Gasteiger partial charge in [-0.3, -0.25) is 14.9 Å². The predicted molar refractivity (Wildman–Crippen MR) is 43.3 cm³/mol. The zero-order chi connectivity index (χ0) is 7.56. The molecule has 0 aromatic heterocycles. The minimum Gasteiger partial charge on any atom is -0.286 e. The molecule has 1 rings (SSSR count). The van der Waals surface area contributed by atoms with E-state index in [1.54, 1.807) is 0 Å². The Labute approximate surface area is 71.1 Å². The van der Waals surface area contributed by atoms with Crippen molar-refractivity contribution in [2.24, 2.45) is 0 Å². The summed E-state index contributed by atoms with van der Waals surface area (Å²) in [6, 6.07) is 0. The van der Waals surface area contributed by atoms with E-state index < -0.39 is 0 Å². The fraction of sp³-hybridized carbons (Fsp3) is 0.600. The summed E-state index contributed by atoms with van der Waals surface area (Å²) < 4.78 is 0. The van der Waals surface area contributed by atoms with Gasteiger partial charge in [0, 0.05) is 5.33 Å². The highest BCUT2D eigenvalue weighted by atomic mass is 79.9. The van der Waals surface area contributed by atoms with Crippen molar-refractivity contribution < 1.29 is 9.59 Å². The lowest BCUT2D eigenvalue weighted by atomic mass is 10.3. The Morgan fingerprint density at radius 2 is 2.30 bits per heavy atom. The van der Waals surface area contributed by atoms with Gasteiger partial charge in [0.1, 0.15) is 0 Å². The van der Waals surface area contributed by atoms with Crippen molar-refractivity contribution in [3.63, 3.8) is 0 Å². The lowest BCUT2D eigenvalue weighted by Crippen LogP contribution is -2.24. The highest BCUT2D eigenvalue weighted by molar-refractivity contribution is 9.09. The van der Waals surface area contributed by atoms with Gasteiger partial charge in [-0.15, -0.1) is 0 Å². The summed E-state index contributed by atoms with van der Waals surface area (Å²) in [6.07, 6.45) is 0.711. The zero-order valence-corrected chi connectivity index (χ0v) is 7.50. The molecule has 1 aliphatic rings. The van der Waals surface area contributed by atoms with Gasteiger partial charge in [-0.25, -0.2) is 0 Å². The highest BCUT2D eigenvalue weighted by Crippen LogP contribution is 2.21. The van der Waals surface area contributed by atoms with Crippen LogP contribution in [-0.4, -0.2) is 21.7 Å². The topological polar surface area (TPSA) is 46.2 Å². The van der Waals surface area contributed by atoms with Crippen molar-refractivity contribution in [2.45, 2.75) is 11.7 Å². The first-order valence-corrected chi connectivity index (χ1v) is 4.81. The molecule has 1 unspecified atom stereocenters. The summed E-state index contributed by atoms with van der Waals surface area (Å²) >= 11 is 4.27. The normalized spacial score (nSPS) is 25.1. The number of amides is 2. The molecule has 3 nitrogen and oxygen atoms in total. The molecule has 0 spiro atoms. The summed E-state index contributed by atoms with van der Waals surface area (Å²) in [6.45, 7) is 0. The van der Waals surface area contributed by atoms with Crippen molar-refractivity contribution >= 4 is 38.8 Å². The van der Waals surface area contributed by atoms with Crippen LogP contribution in [0.2, 0.25) is 0 Å². The molecule has 0 aromatic carbocycles. The van der Waals surface area contributed by atoms with Gasteiger partial charge in [0.05, 0.1) is 5.25 Å². The van der Waals surface area contributed by atoms with E-state index in [4.69, 9.17) is 0 Å². The second-order valence-electron chi connectivity index (χ2n) is 1.86. The molecule has 1 heterocycles. The Hall–Kier alpha value is -0.0300. The van der Waals surface area contributed by atoms with Crippen molar-refractivity contribution in [3.05, 3.63) is 0 Å². The summed E-state index contributed by atoms with van der Waals surface area (Å²) in [5, 5.41) is 2.57. The van der Waals surface area contributed by atoms with Crippen molar-refractivity contribution in [2.75, 3.05) is 5.33 Å². The molecule has 1 atom stereocenters. The van der Waals surface area contributed by atoms with E-state index in [0.717, 1.165) is 17.1 Å². The zero-order valence-electron chi connectivity index (χ0n) is 5.09. The van der Waals surface area contributed by atoms with E-state index in [-0.39, 0.29) is 16.4 Å². The predicted octanol–water partition coefficient (Wildman–Crippen LogP) is 1.12. The van der Waals surface area contributed by atoms with Gasteiger partial charge in [-0.2, -0.15) is 0 Å². The van der Waals surface area contributed by atoms with Gasteiger partial charge < -0.3 is 0 Å². The van der Waals surface area contributed by atoms with Crippen LogP contribution < -0.4 is 5.32 Å².